The Balaban J connectivity index is 1.41. The second kappa shape index (κ2) is 8.01. The van der Waals surface area contributed by atoms with Gasteiger partial charge >= 0.3 is 0 Å². The fourth-order valence-electron chi connectivity index (χ4n) is 3.21. The SMILES string of the molecule is O=C(CSc1nnnn1C1CCCC1)Nc1ccccc1-c1cccs1. The van der Waals surface area contributed by atoms with Gasteiger partial charge < -0.3 is 5.32 Å². The third-order valence-electron chi connectivity index (χ3n) is 4.45. The highest BCUT2D eigenvalue weighted by molar-refractivity contribution is 7.99. The van der Waals surface area contributed by atoms with Crippen LogP contribution >= 0.6 is 23.1 Å². The number of para-hydroxylation sites is 1. The van der Waals surface area contributed by atoms with Gasteiger partial charge in [0.2, 0.25) is 11.1 Å². The van der Waals surface area contributed by atoms with E-state index in [1.54, 1.807) is 11.3 Å². The number of amides is 1. The number of carbonyl (C=O) groups is 1. The van der Waals surface area contributed by atoms with E-state index in [9.17, 15) is 4.79 Å². The lowest BCUT2D eigenvalue weighted by molar-refractivity contribution is -0.113. The van der Waals surface area contributed by atoms with Crippen molar-refractivity contribution in [3.8, 4) is 10.4 Å². The van der Waals surface area contributed by atoms with Gasteiger partial charge in [0.1, 0.15) is 0 Å². The van der Waals surface area contributed by atoms with Gasteiger partial charge in [-0.1, -0.05) is 48.9 Å². The van der Waals surface area contributed by atoms with E-state index in [1.807, 2.05) is 40.4 Å². The van der Waals surface area contributed by atoms with E-state index in [-0.39, 0.29) is 11.7 Å². The predicted molar refractivity (Wildman–Crippen MR) is 104 cm³/mol. The van der Waals surface area contributed by atoms with Crippen LogP contribution in [-0.4, -0.2) is 31.9 Å². The third kappa shape index (κ3) is 3.81. The van der Waals surface area contributed by atoms with E-state index in [0.29, 0.717) is 6.04 Å². The number of aromatic nitrogens is 4. The summed E-state index contributed by atoms with van der Waals surface area (Å²) in [6, 6.07) is 12.3. The highest BCUT2D eigenvalue weighted by atomic mass is 32.2. The molecule has 8 heteroatoms. The zero-order valence-corrected chi connectivity index (χ0v) is 15.8. The highest BCUT2D eigenvalue weighted by Crippen LogP contribution is 2.33. The number of hydrogen-bond donors (Lipinski definition) is 1. The van der Waals surface area contributed by atoms with E-state index in [1.165, 1.54) is 24.6 Å². The molecule has 0 radical (unpaired) electrons. The maximum atomic E-state index is 12.5. The minimum Gasteiger partial charge on any atom is -0.325 e. The first-order chi connectivity index (χ1) is 12.8. The molecule has 0 aliphatic heterocycles. The molecule has 2 heterocycles. The van der Waals surface area contributed by atoms with Gasteiger partial charge in [0, 0.05) is 16.1 Å². The molecular formula is C18H19N5OS2. The van der Waals surface area contributed by atoms with Crippen LogP contribution < -0.4 is 5.32 Å². The summed E-state index contributed by atoms with van der Waals surface area (Å²) >= 11 is 3.05. The van der Waals surface area contributed by atoms with Gasteiger partial charge in [-0.2, -0.15) is 0 Å². The number of carbonyl (C=O) groups excluding carboxylic acids is 1. The third-order valence-corrected chi connectivity index (χ3v) is 6.29. The average Bonchev–Trinajstić information content (AvgIpc) is 3.42. The molecule has 6 nitrogen and oxygen atoms in total. The molecule has 0 atom stereocenters. The molecule has 1 fully saturated rings. The van der Waals surface area contributed by atoms with Crippen LogP contribution in [0.2, 0.25) is 0 Å². The van der Waals surface area contributed by atoms with Gasteiger partial charge in [0.15, 0.2) is 0 Å². The Labute approximate surface area is 160 Å². The minimum atomic E-state index is -0.0556. The van der Waals surface area contributed by atoms with Gasteiger partial charge in [-0.05, 0) is 40.8 Å². The lowest BCUT2D eigenvalue weighted by Gasteiger charge is -2.11. The highest BCUT2D eigenvalue weighted by Gasteiger charge is 2.22. The zero-order chi connectivity index (χ0) is 17.8. The zero-order valence-electron chi connectivity index (χ0n) is 14.2. The Morgan fingerprint density at radius 2 is 2.08 bits per heavy atom. The Morgan fingerprint density at radius 3 is 2.88 bits per heavy atom. The largest absolute Gasteiger partial charge is 0.325 e. The molecule has 1 N–H and O–H groups in total. The summed E-state index contributed by atoms with van der Waals surface area (Å²) < 4.78 is 1.88. The summed E-state index contributed by atoms with van der Waals surface area (Å²) in [4.78, 5) is 13.6. The Morgan fingerprint density at radius 1 is 1.23 bits per heavy atom. The Hall–Kier alpha value is -2.19. The summed E-state index contributed by atoms with van der Waals surface area (Å²) in [5.41, 5.74) is 1.87. The number of thiophene rings is 1. The first kappa shape index (κ1) is 17.2. The lowest BCUT2D eigenvalue weighted by atomic mass is 10.1. The summed E-state index contributed by atoms with van der Waals surface area (Å²) in [6.07, 6.45) is 4.65. The van der Waals surface area contributed by atoms with Crippen molar-refractivity contribution in [3.63, 3.8) is 0 Å². The quantitative estimate of drug-likeness (QED) is 0.642. The number of nitrogens with one attached hydrogen (secondary N) is 1. The first-order valence-electron chi connectivity index (χ1n) is 8.64. The van der Waals surface area contributed by atoms with Crippen LogP contribution in [0.1, 0.15) is 31.7 Å². The molecule has 3 aromatic rings. The van der Waals surface area contributed by atoms with Crippen molar-refractivity contribution >= 4 is 34.7 Å². The van der Waals surface area contributed by atoms with Crippen molar-refractivity contribution in [2.75, 3.05) is 11.1 Å². The van der Waals surface area contributed by atoms with Gasteiger partial charge in [-0.15, -0.1) is 16.4 Å². The van der Waals surface area contributed by atoms with E-state index in [4.69, 9.17) is 0 Å². The van der Waals surface area contributed by atoms with E-state index < -0.39 is 0 Å². The second-order valence-corrected chi connectivity index (χ2v) is 8.09. The maximum absolute atomic E-state index is 12.5. The van der Waals surface area contributed by atoms with Crippen molar-refractivity contribution < 1.29 is 4.79 Å². The fourth-order valence-corrected chi connectivity index (χ4v) is 4.72. The summed E-state index contributed by atoms with van der Waals surface area (Å²) in [6.45, 7) is 0. The van der Waals surface area contributed by atoms with Crippen LogP contribution in [0.3, 0.4) is 0 Å². The maximum Gasteiger partial charge on any atom is 0.234 e. The minimum absolute atomic E-state index is 0.0556. The van der Waals surface area contributed by atoms with Crippen molar-refractivity contribution in [3.05, 3.63) is 41.8 Å². The number of nitrogens with zero attached hydrogens (tertiary/aromatic N) is 4. The molecule has 0 bridgehead atoms. The van der Waals surface area contributed by atoms with E-state index in [2.05, 4.69) is 26.9 Å². The van der Waals surface area contributed by atoms with Gasteiger partial charge in [-0.3, -0.25) is 4.79 Å². The van der Waals surface area contributed by atoms with Crippen LogP contribution in [0, 0.1) is 0 Å². The van der Waals surface area contributed by atoms with Crippen LogP contribution in [0.15, 0.2) is 46.9 Å². The van der Waals surface area contributed by atoms with Crippen LogP contribution in [0.5, 0.6) is 0 Å². The molecule has 0 spiro atoms. The fraction of sp³-hybridized carbons (Fsp3) is 0.333. The first-order valence-corrected chi connectivity index (χ1v) is 10.5. The number of benzene rings is 1. The topological polar surface area (TPSA) is 72.7 Å². The average molecular weight is 386 g/mol. The molecular weight excluding hydrogens is 366 g/mol. The van der Waals surface area contributed by atoms with Crippen molar-refractivity contribution in [2.24, 2.45) is 0 Å². The van der Waals surface area contributed by atoms with Crippen molar-refractivity contribution in [1.29, 1.82) is 0 Å². The molecule has 1 aliphatic carbocycles. The van der Waals surface area contributed by atoms with Crippen LogP contribution in [0.4, 0.5) is 5.69 Å². The standard InChI is InChI=1S/C18H19N5OS2/c24-17(12-26-18-20-21-22-23(18)13-6-1-2-7-13)19-15-9-4-3-8-14(15)16-10-5-11-25-16/h3-5,8-11,13H,1-2,6-7,12H2,(H,19,24). The van der Waals surface area contributed by atoms with E-state index in [0.717, 1.165) is 34.1 Å². The van der Waals surface area contributed by atoms with Crippen LogP contribution in [0.25, 0.3) is 10.4 Å². The summed E-state index contributed by atoms with van der Waals surface area (Å²) in [5, 5.41) is 17.8. The molecule has 1 aromatic carbocycles. The number of rotatable bonds is 6. The number of hydrogen-bond acceptors (Lipinski definition) is 6. The number of thioether (sulfide) groups is 1. The van der Waals surface area contributed by atoms with Gasteiger partial charge in [-0.25, -0.2) is 4.68 Å². The predicted octanol–water partition coefficient (Wildman–Crippen LogP) is 4.25. The Bertz CT molecular complexity index is 871. The van der Waals surface area contributed by atoms with Gasteiger partial charge in [0.25, 0.3) is 0 Å². The molecule has 1 aliphatic rings. The molecule has 1 saturated carbocycles. The summed E-state index contributed by atoms with van der Waals surface area (Å²) in [7, 11) is 0. The molecule has 1 amide bonds. The Kier molecular flexibility index (Phi) is 5.31. The number of tetrazole rings is 1. The molecule has 134 valence electrons. The molecule has 26 heavy (non-hydrogen) atoms. The molecule has 4 rings (SSSR count). The molecule has 0 unspecified atom stereocenters. The number of anilines is 1. The van der Waals surface area contributed by atoms with Crippen LogP contribution in [-0.2, 0) is 4.79 Å². The molecule has 0 saturated heterocycles. The smallest absolute Gasteiger partial charge is 0.234 e. The summed E-state index contributed by atoms with van der Waals surface area (Å²) in [5.74, 6) is 0.228. The van der Waals surface area contributed by atoms with Crippen molar-refractivity contribution in [2.45, 2.75) is 36.9 Å². The normalized spacial score (nSPS) is 14.6. The monoisotopic (exact) mass is 385 g/mol. The lowest BCUT2D eigenvalue weighted by Crippen LogP contribution is -2.16. The van der Waals surface area contributed by atoms with Crippen molar-refractivity contribution in [1.82, 2.24) is 20.2 Å². The molecule has 2 aromatic heterocycles. The van der Waals surface area contributed by atoms with Gasteiger partial charge in [0.05, 0.1) is 11.8 Å². The van der Waals surface area contributed by atoms with E-state index >= 15 is 0 Å². The second-order valence-electron chi connectivity index (χ2n) is 6.20.